The van der Waals surface area contributed by atoms with Crippen molar-refractivity contribution in [2.24, 2.45) is 0 Å². The van der Waals surface area contributed by atoms with Crippen LogP contribution in [0.3, 0.4) is 0 Å². The van der Waals surface area contributed by atoms with Crippen LogP contribution in [0.2, 0.25) is 0 Å². The van der Waals surface area contributed by atoms with Crippen LogP contribution in [0, 0.1) is 6.92 Å². The van der Waals surface area contributed by atoms with Crippen LogP contribution in [0.1, 0.15) is 30.4 Å². The highest BCUT2D eigenvalue weighted by Crippen LogP contribution is 2.20. The summed E-state index contributed by atoms with van der Waals surface area (Å²) in [5.74, 6) is 0. The van der Waals surface area contributed by atoms with Gasteiger partial charge < -0.3 is 4.90 Å². The molecule has 0 aliphatic carbocycles. The van der Waals surface area contributed by atoms with Crippen molar-refractivity contribution in [3.05, 3.63) is 59.7 Å². The van der Waals surface area contributed by atoms with Gasteiger partial charge >= 0.3 is 0 Å². The first-order valence-corrected chi connectivity index (χ1v) is 10.4. The average Bonchev–Trinajstić information content (AvgIpc) is 2.63. The minimum absolute atomic E-state index is 0.318. The van der Waals surface area contributed by atoms with Gasteiger partial charge in [-0.3, -0.25) is 0 Å². The first kappa shape index (κ1) is 18.0. The Balaban J connectivity index is 1.54. The molecule has 2 aromatic rings. The highest BCUT2D eigenvalue weighted by atomic mass is 32.2. The average molecular weight is 359 g/mol. The number of hydrogen-bond acceptors (Lipinski definition) is 3. The Morgan fingerprint density at radius 2 is 1.56 bits per heavy atom. The quantitative estimate of drug-likeness (QED) is 0.860. The second-order valence-electron chi connectivity index (χ2n) is 6.67. The lowest BCUT2D eigenvalue weighted by molar-refractivity contribution is 0.577. The van der Waals surface area contributed by atoms with Gasteiger partial charge in [0, 0.05) is 25.3 Å². The smallest absolute Gasteiger partial charge is 0.240 e. The largest absolute Gasteiger partial charge is 0.372 e. The summed E-state index contributed by atoms with van der Waals surface area (Å²) < 4.78 is 27.2. The van der Waals surface area contributed by atoms with Crippen LogP contribution in [0.25, 0.3) is 0 Å². The minimum atomic E-state index is -3.43. The molecule has 5 heteroatoms. The first-order valence-electron chi connectivity index (χ1n) is 8.95. The molecule has 2 aromatic carbocycles. The van der Waals surface area contributed by atoms with Crippen LogP contribution in [0.5, 0.6) is 0 Å². The molecule has 1 heterocycles. The van der Waals surface area contributed by atoms with Crippen molar-refractivity contribution < 1.29 is 8.42 Å². The lowest BCUT2D eigenvalue weighted by Crippen LogP contribution is -2.29. The molecular weight excluding hydrogens is 332 g/mol. The summed E-state index contributed by atoms with van der Waals surface area (Å²) in [7, 11) is -3.43. The van der Waals surface area contributed by atoms with Crippen LogP contribution in [-0.4, -0.2) is 28.1 Å². The summed E-state index contributed by atoms with van der Waals surface area (Å²) in [6.07, 6.45) is 4.55. The third kappa shape index (κ3) is 4.83. The lowest BCUT2D eigenvalue weighted by Gasteiger charge is -2.28. The van der Waals surface area contributed by atoms with Gasteiger partial charge in [0.15, 0.2) is 0 Å². The van der Waals surface area contributed by atoms with E-state index in [2.05, 4.69) is 33.9 Å². The molecule has 1 N–H and O–H groups in total. The van der Waals surface area contributed by atoms with Gasteiger partial charge in [-0.15, -0.1) is 0 Å². The van der Waals surface area contributed by atoms with Gasteiger partial charge in [0.2, 0.25) is 10.0 Å². The monoisotopic (exact) mass is 358 g/mol. The molecule has 0 atom stereocenters. The molecule has 1 aliphatic rings. The molecule has 1 saturated heterocycles. The summed E-state index contributed by atoms with van der Waals surface area (Å²) in [6.45, 7) is 4.61. The summed E-state index contributed by atoms with van der Waals surface area (Å²) >= 11 is 0. The van der Waals surface area contributed by atoms with Gasteiger partial charge in [-0.05, 0) is 62.4 Å². The molecule has 0 unspecified atom stereocenters. The molecule has 25 heavy (non-hydrogen) atoms. The van der Waals surface area contributed by atoms with E-state index in [1.54, 1.807) is 12.1 Å². The van der Waals surface area contributed by atoms with Gasteiger partial charge in [-0.25, -0.2) is 13.1 Å². The van der Waals surface area contributed by atoms with Crippen molar-refractivity contribution in [1.29, 1.82) is 0 Å². The summed E-state index contributed by atoms with van der Waals surface area (Å²) in [5.41, 5.74) is 3.46. The first-order chi connectivity index (χ1) is 12.0. The van der Waals surface area contributed by atoms with Gasteiger partial charge in [0.25, 0.3) is 0 Å². The normalized spacial score (nSPS) is 15.3. The summed E-state index contributed by atoms with van der Waals surface area (Å²) in [4.78, 5) is 2.74. The fraction of sp³-hybridized carbons (Fsp3) is 0.400. The SMILES string of the molecule is Cc1ccc(S(=O)(=O)NCCc2ccc(N3CCCCC3)cc2)cc1. The predicted molar refractivity (Wildman–Crippen MR) is 103 cm³/mol. The number of benzene rings is 2. The molecule has 0 bridgehead atoms. The van der Waals surface area contributed by atoms with E-state index in [1.807, 2.05) is 19.1 Å². The molecule has 0 amide bonds. The van der Waals surface area contributed by atoms with Gasteiger partial charge in [0.05, 0.1) is 4.90 Å². The van der Waals surface area contributed by atoms with E-state index in [4.69, 9.17) is 0 Å². The van der Waals surface area contributed by atoms with Crippen molar-refractivity contribution in [2.75, 3.05) is 24.5 Å². The predicted octanol–water partition coefficient (Wildman–Crippen LogP) is 3.51. The van der Waals surface area contributed by atoms with Crippen LogP contribution < -0.4 is 9.62 Å². The molecule has 0 saturated carbocycles. The number of sulfonamides is 1. The standard InChI is InChI=1S/C20H26N2O2S/c1-17-5-11-20(12-6-17)25(23,24)21-14-13-18-7-9-19(10-8-18)22-15-3-2-4-16-22/h5-12,21H,2-4,13-16H2,1H3. The Morgan fingerprint density at radius 1 is 0.920 bits per heavy atom. The molecule has 1 aliphatic heterocycles. The topological polar surface area (TPSA) is 49.4 Å². The van der Waals surface area contributed by atoms with Crippen molar-refractivity contribution in [3.63, 3.8) is 0 Å². The van der Waals surface area contributed by atoms with Crippen molar-refractivity contribution >= 4 is 15.7 Å². The van der Waals surface area contributed by atoms with Crippen molar-refractivity contribution in [3.8, 4) is 0 Å². The molecule has 134 valence electrons. The molecular formula is C20H26N2O2S. The lowest BCUT2D eigenvalue weighted by atomic mass is 10.1. The Hall–Kier alpha value is -1.85. The van der Waals surface area contributed by atoms with E-state index in [9.17, 15) is 8.42 Å². The highest BCUT2D eigenvalue weighted by molar-refractivity contribution is 7.89. The summed E-state index contributed by atoms with van der Waals surface area (Å²) in [5, 5.41) is 0. The highest BCUT2D eigenvalue weighted by Gasteiger charge is 2.13. The second-order valence-corrected chi connectivity index (χ2v) is 8.44. The van der Waals surface area contributed by atoms with Gasteiger partial charge in [-0.2, -0.15) is 0 Å². The van der Waals surface area contributed by atoms with Gasteiger partial charge in [-0.1, -0.05) is 29.8 Å². The van der Waals surface area contributed by atoms with E-state index < -0.39 is 10.0 Å². The zero-order valence-corrected chi connectivity index (χ0v) is 15.6. The van der Waals surface area contributed by atoms with Crippen LogP contribution >= 0.6 is 0 Å². The zero-order chi connectivity index (χ0) is 17.7. The fourth-order valence-electron chi connectivity index (χ4n) is 3.16. The molecule has 3 rings (SSSR count). The van der Waals surface area contributed by atoms with E-state index in [0.29, 0.717) is 17.9 Å². The van der Waals surface area contributed by atoms with E-state index in [0.717, 1.165) is 24.2 Å². The number of aryl methyl sites for hydroxylation is 1. The van der Waals surface area contributed by atoms with Crippen molar-refractivity contribution in [1.82, 2.24) is 4.72 Å². The molecule has 0 spiro atoms. The van der Waals surface area contributed by atoms with Crippen LogP contribution in [0.4, 0.5) is 5.69 Å². The summed E-state index contributed by atoms with van der Waals surface area (Å²) in [6, 6.07) is 15.4. The Kier molecular flexibility index (Phi) is 5.76. The molecule has 0 aromatic heterocycles. The Labute approximate surface area is 150 Å². The minimum Gasteiger partial charge on any atom is -0.372 e. The Bertz CT molecular complexity index is 777. The van der Waals surface area contributed by atoms with Crippen LogP contribution in [0.15, 0.2) is 53.4 Å². The van der Waals surface area contributed by atoms with Crippen LogP contribution in [-0.2, 0) is 16.4 Å². The second kappa shape index (κ2) is 8.02. The molecule has 0 radical (unpaired) electrons. The molecule has 1 fully saturated rings. The molecule has 4 nitrogen and oxygen atoms in total. The fourth-order valence-corrected chi connectivity index (χ4v) is 4.19. The number of rotatable bonds is 6. The maximum absolute atomic E-state index is 12.3. The maximum atomic E-state index is 12.3. The van der Waals surface area contributed by atoms with E-state index >= 15 is 0 Å². The number of nitrogens with one attached hydrogen (secondary N) is 1. The third-order valence-corrected chi connectivity index (χ3v) is 6.17. The third-order valence-electron chi connectivity index (χ3n) is 4.69. The Morgan fingerprint density at radius 3 is 2.20 bits per heavy atom. The van der Waals surface area contributed by atoms with Gasteiger partial charge in [0.1, 0.15) is 0 Å². The van der Waals surface area contributed by atoms with E-state index in [-0.39, 0.29) is 0 Å². The van der Waals surface area contributed by atoms with Crippen molar-refractivity contribution in [2.45, 2.75) is 37.5 Å². The number of nitrogens with zero attached hydrogens (tertiary/aromatic N) is 1. The number of hydrogen-bond donors (Lipinski definition) is 1. The number of piperidine rings is 1. The zero-order valence-electron chi connectivity index (χ0n) is 14.7. The maximum Gasteiger partial charge on any atom is 0.240 e. The number of anilines is 1. The van der Waals surface area contributed by atoms with E-state index in [1.165, 1.54) is 24.9 Å².